The van der Waals surface area contributed by atoms with E-state index < -0.39 is 0 Å². The van der Waals surface area contributed by atoms with Crippen molar-refractivity contribution in [3.8, 4) is 0 Å². The van der Waals surface area contributed by atoms with Gasteiger partial charge in [-0.15, -0.1) is 11.3 Å². The summed E-state index contributed by atoms with van der Waals surface area (Å²) < 4.78 is 13.0. The van der Waals surface area contributed by atoms with Gasteiger partial charge in [0.05, 0.1) is 5.39 Å². The largest absolute Gasteiger partial charge is 0.365 e. The standard InChI is InChI=1S/C17H16FN3S/c1-10-20-16(19-9-11-5-7-12(18)8-6-11)15-13-3-2-4-14(13)22-17(15)21-10/h5-8H,2-4,9H2,1H3,(H,19,20,21). The molecule has 0 radical (unpaired) electrons. The van der Waals surface area contributed by atoms with E-state index in [9.17, 15) is 4.39 Å². The summed E-state index contributed by atoms with van der Waals surface area (Å²) in [6.45, 7) is 2.56. The average Bonchev–Trinajstić information content (AvgIpc) is 3.06. The molecule has 0 atom stereocenters. The Bertz CT molecular complexity index is 839. The van der Waals surface area contributed by atoms with E-state index in [2.05, 4.69) is 15.3 Å². The number of aromatic nitrogens is 2. The van der Waals surface area contributed by atoms with E-state index in [0.717, 1.165) is 34.9 Å². The van der Waals surface area contributed by atoms with E-state index >= 15 is 0 Å². The molecule has 0 saturated carbocycles. The Morgan fingerprint density at radius 2 is 2.00 bits per heavy atom. The minimum absolute atomic E-state index is 0.209. The summed E-state index contributed by atoms with van der Waals surface area (Å²) in [5, 5.41) is 4.60. The van der Waals surface area contributed by atoms with Crippen LogP contribution in [0.3, 0.4) is 0 Å². The lowest BCUT2D eigenvalue weighted by Crippen LogP contribution is -2.04. The zero-order valence-corrected chi connectivity index (χ0v) is 13.1. The van der Waals surface area contributed by atoms with Crippen LogP contribution in [0.5, 0.6) is 0 Å². The number of rotatable bonds is 3. The number of fused-ring (bicyclic) bond motifs is 3. The first-order valence-electron chi connectivity index (χ1n) is 7.48. The topological polar surface area (TPSA) is 37.8 Å². The molecule has 1 aliphatic carbocycles. The second-order valence-corrected chi connectivity index (χ2v) is 6.72. The number of hydrogen-bond acceptors (Lipinski definition) is 4. The number of anilines is 1. The normalized spacial score (nSPS) is 13.5. The van der Waals surface area contributed by atoms with E-state index in [-0.39, 0.29) is 5.82 Å². The Balaban J connectivity index is 1.70. The molecule has 0 unspecified atom stereocenters. The molecule has 0 fully saturated rings. The fourth-order valence-electron chi connectivity index (χ4n) is 3.02. The first-order valence-corrected chi connectivity index (χ1v) is 8.29. The van der Waals surface area contributed by atoms with E-state index in [4.69, 9.17) is 0 Å². The summed E-state index contributed by atoms with van der Waals surface area (Å²) in [5.41, 5.74) is 2.46. The molecule has 2 aromatic heterocycles. The van der Waals surface area contributed by atoms with Gasteiger partial charge in [-0.05, 0) is 49.4 Å². The Labute approximate surface area is 132 Å². The minimum atomic E-state index is -0.209. The molecule has 0 saturated heterocycles. The second kappa shape index (κ2) is 5.32. The highest BCUT2D eigenvalue weighted by Gasteiger charge is 2.21. The molecule has 4 rings (SSSR count). The number of hydrogen-bond donors (Lipinski definition) is 1. The summed E-state index contributed by atoms with van der Waals surface area (Å²) in [7, 11) is 0. The molecule has 0 bridgehead atoms. The van der Waals surface area contributed by atoms with E-state index in [1.54, 1.807) is 23.5 Å². The number of nitrogens with zero attached hydrogens (tertiary/aromatic N) is 2. The molecule has 22 heavy (non-hydrogen) atoms. The zero-order chi connectivity index (χ0) is 15.1. The Hall–Kier alpha value is -2.01. The number of nitrogens with one attached hydrogen (secondary N) is 1. The van der Waals surface area contributed by atoms with Crippen LogP contribution in [0, 0.1) is 12.7 Å². The second-order valence-electron chi connectivity index (χ2n) is 5.64. The summed E-state index contributed by atoms with van der Waals surface area (Å²) >= 11 is 1.80. The van der Waals surface area contributed by atoms with Gasteiger partial charge in [-0.25, -0.2) is 14.4 Å². The molecular weight excluding hydrogens is 297 g/mol. The molecule has 1 N–H and O–H groups in total. The highest BCUT2D eigenvalue weighted by Crippen LogP contribution is 2.39. The van der Waals surface area contributed by atoms with E-state index in [1.165, 1.54) is 34.4 Å². The van der Waals surface area contributed by atoms with Crippen molar-refractivity contribution < 1.29 is 4.39 Å². The molecule has 0 amide bonds. The van der Waals surface area contributed by atoms with Crippen LogP contribution in [0.15, 0.2) is 24.3 Å². The molecule has 0 spiro atoms. The quantitative estimate of drug-likeness (QED) is 0.786. The van der Waals surface area contributed by atoms with Crippen LogP contribution in [-0.4, -0.2) is 9.97 Å². The summed E-state index contributed by atoms with van der Waals surface area (Å²) in [6, 6.07) is 6.57. The van der Waals surface area contributed by atoms with Gasteiger partial charge in [-0.1, -0.05) is 12.1 Å². The molecule has 1 aromatic carbocycles. The molecule has 5 heteroatoms. The molecule has 112 valence electrons. The predicted octanol–water partition coefficient (Wildman–Crippen LogP) is 4.24. The lowest BCUT2D eigenvalue weighted by atomic mass is 10.1. The van der Waals surface area contributed by atoms with Gasteiger partial charge in [0.15, 0.2) is 0 Å². The maximum Gasteiger partial charge on any atom is 0.139 e. The lowest BCUT2D eigenvalue weighted by Gasteiger charge is -2.09. The van der Waals surface area contributed by atoms with Crippen molar-refractivity contribution in [1.82, 2.24) is 9.97 Å². The van der Waals surface area contributed by atoms with Crippen LogP contribution < -0.4 is 5.32 Å². The van der Waals surface area contributed by atoms with Crippen molar-refractivity contribution in [1.29, 1.82) is 0 Å². The highest BCUT2D eigenvalue weighted by molar-refractivity contribution is 7.19. The first-order chi connectivity index (χ1) is 10.7. The van der Waals surface area contributed by atoms with Crippen molar-refractivity contribution in [3.05, 3.63) is 51.9 Å². The van der Waals surface area contributed by atoms with Crippen molar-refractivity contribution in [3.63, 3.8) is 0 Å². The smallest absolute Gasteiger partial charge is 0.139 e. The Kier molecular flexibility index (Phi) is 3.30. The van der Waals surface area contributed by atoms with Crippen molar-refractivity contribution in [2.45, 2.75) is 32.7 Å². The van der Waals surface area contributed by atoms with Gasteiger partial charge in [-0.2, -0.15) is 0 Å². The number of halogens is 1. The average molecular weight is 313 g/mol. The number of aryl methyl sites for hydroxylation is 3. The number of thiophene rings is 1. The molecule has 3 nitrogen and oxygen atoms in total. The predicted molar refractivity (Wildman–Crippen MR) is 87.9 cm³/mol. The zero-order valence-electron chi connectivity index (χ0n) is 12.3. The summed E-state index contributed by atoms with van der Waals surface area (Å²) in [6.07, 6.45) is 3.50. The van der Waals surface area contributed by atoms with E-state index in [0.29, 0.717) is 6.54 Å². The maximum absolute atomic E-state index is 13.0. The molecular formula is C17H16FN3S. The third kappa shape index (κ3) is 2.35. The van der Waals surface area contributed by atoms with Gasteiger partial charge >= 0.3 is 0 Å². The molecule has 1 aliphatic rings. The van der Waals surface area contributed by atoms with Crippen LogP contribution in [0.4, 0.5) is 10.2 Å². The van der Waals surface area contributed by atoms with Crippen LogP contribution in [0.2, 0.25) is 0 Å². The van der Waals surface area contributed by atoms with Crippen LogP contribution >= 0.6 is 11.3 Å². The first kappa shape index (κ1) is 13.6. The van der Waals surface area contributed by atoms with Gasteiger partial charge in [0.1, 0.15) is 22.3 Å². The van der Waals surface area contributed by atoms with Crippen LogP contribution in [0.1, 0.15) is 28.2 Å². The third-order valence-electron chi connectivity index (χ3n) is 4.05. The van der Waals surface area contributed by atoms with Gasteiger partial charge in [0, 0.05) is 11.4 Å². The fourth-order valence-corrected chi connectivity index (χ4v) is 4.33. The number of benzene rings is 1. The van der Waals surface area contributed by atoms with Gasteiger partial charge in [0.2, 0.25) is 0 Å². The van der Waals surface area contributed by atoms with Crippen molar-refractivity contribution in [2.75, 3.05) is 5.32 Å². The molecule has 0 aliphatic heterocycles. The Morgan fingerprint density at radius 1 is 1.18 bits per heavy atom. The van der Waals surface area contributed by atoms with Crippen molar-refractivity contribution in [2.24, 2.45) is 0 Å². The van der Waals surface area contributed by atoms with E-state index in [1.807, 2.05) is 6.92 Å². The summed E-state index contributed by atoms with van der Waals surface area (Å²) in [4.78, 5) is 11.7. The Morgan fingerprint density at radius 3 is 2.82 bits per heavy atom. The lowest BCUT2D eigenvalue weighted by molar-refractivity contribution is 0.627. The van der Waals surface area contributed by atoms with Gasteiger partial charge in [-0.3, -0.25) is 0 Å². The molecule has 2 heterocycles. The third-order valence-corrected chi connectivity index (χ3v) is 5.24. The van der Waals surface area contributed by atoms with Crippen LogP contribution in [-0.2, 0) is 19.4 Å². The SMILES string of the molecule is Cc1nc(NCc2ccc(F)cc2)c2c3c(sc2n1)CCC3. The summed E-state index contributed by atoms with van der Waals surface area (Å²) in [5.74, 6) is 1.49. The van der Waals surface area contributed by atoms with Crippen LogP contribution in [0.25, 0.3) is 10.2 Å². The highest BCUT2D eigenvalue weighted by atomic mass is 32.1. The van der Waals surface area contributed by atoms with Crippen molar-refractivity contribution >= 4 is 27.4 Å². The molecule has 3 aromatic rings. The monoisotopic (exact) mass is 313 g/mol. The van der Waals surface area contributed by atoms with Gasteiger partial charge < -0.3 is 5.32 Å². The van der Waals surface area contributed by atoms with Gasteiger partial charge in [0.25, 0.3) is 0 Å². The maximum atomic E-state index is 13.0. The fraction of sp³-hybridized carbons (Fsp3) is 0.294. The minimum Gasteiger partial charge on any atom is -0.365 e.